The standard InChI is InChI=1S/C17H16FNO3/c1-11-4-2-6-13(8-11)16(20)19-15(17(21)22)10-12-5-3-7-14(18)9-12/h2-9,15H,10H2,1H3,(H,19,20)(H,21,22). The Bertz CT molecular complexity index is 700. The first kappa shape index (κ1) is 15.7. The van der Waals surface area contributed by atoms with E-state index in [4.69, 9.17) is 0 Å². The van der Waals surface area contributed by atoms with Crippen LogP contribution in [0.3, 0.4) is 0 Å². The van der Waals surface area contributed by atoms with Crippen LogP contribution in [0.4, 0.5) is 4.39 Å². The smallest absolute Gasteiger partial charge is 0.326 e. The summed E-state index contributed by atoms with van der Waals surface area (Å²) in [5.41, 5.74) is 1.81. The molecule has 0 aliphatic rings. The van der Waals surface area contributed by atoms with Crippen LogP contribution in [0.5, 0.6) is 0 Å². The summed E-state index contributed by atoms with van der Waals surface area (Å²) in [4.78, 5) is 23.4. The van der Waals surface area contributed by atoms with Gasteiger partial charge in [-0.3, -0.25) is 4.79 Å². The molecule has 0 aromatic heterocycles. The van der Waals surface area contributed by atoms with Gasteiger partial charge in [0.1, 0.15) is 11.9 Å². The fraction of sp³-hybridized carbons (Fsp3) is 0.176. The summed E-state index contributed by atoms with van der Waals surface area (Å²) in [6.07, 6.45) is 0.0185. The monoisotopic (exact) mass is 301 g/mol. The van der Waals surface area contributed by atoms with Crippen molar-refractivity contribution in [2.24, 2.45) is 0 Å². The molecule has 0 bridgehead atoms. The van der Waals surface area contributed by atoms with Crippen molar-refractivity contribution < 1.29 is 19.1 Å². The normalized spacial score (nSPS) is 11.7. The van der Waals surface area contributed by atoms with Crippen LogP contribution in [-0.4, -0.2) is 23.0 Å². The summed E-state index contributed by atoms with van der Waals surface area (Å²) >= 11 is 0. The number of nitrogens with one attached hydrogen (secondary N) is 1. The Balaban J connectivity index is 2.12. The number of carbonyl (C=O) groups excluding carboxylic acids is 1. The van der Waals surface area contributed by atoms with Gasteiger partial charge < -0.3 is 10.4 Å². The van der Waals surface area contributed by atoms with Crippen molar-refractivity contribution in [3.63, 3.8) is 0 Å². The zero-order valence-electron chi connectivity index (χ0n) is 12.0. The second-order valence-electron chi connectivity index (χ2n) is 5.07. The van der Waals surface area contributed by atoms with Crippen LogP contribution in [0.1, 0.15) is 21.5 Å². The van der Waals surface area contributed by atoms with Gasteiger partial charge in [0.25, 0.3) is 5.91 Å². The van der Waals surface area contributed by atoms with Gasteiger partial charge in [0, 0.05) is 12.0 Å². The largest absolute Gasteiger partial charge is 0.480 e. The van der Waals surface area contributed by atoms with Crippen molar-refractivity contribution in [3.8, 4) is 0 Å². The third-order valence-electron chi connectivity index (χ3n) is 3.21. The maximum Gasteiger partial charge on any atom is 0.326 e. The minimum absolute atomic E-state index is 0.0185. The second-order valence-corrected chi connectivity index (χ2v) is 5.07. The molecule has 2 N–H and O–H groups in total. The molecule has 5 heteroatoms. The molecular formula is C17H16FNO3. The van der Waals surface area contributed by atoms with E-state index < -0.39 is 23.7 Å². The molecule has 2 aromatic carbocycles. The summed E-state index contributed by atoms with van der Waals surface area (Å²) in [5, 5.41) is 11.7. The van der Waals surface area contributed by atoms with Crippen molar-refractivity contribution in [1.29, 1.82) is 0 Å². The van der Waals surface area contributed by atoms with Gasteiger partial charge in [0.15, 0.2) is 0 Å². The maximum absolute atomic E-state index is 13.2. The molecule has 4 nitrogen and oxygen atoms in total. The number of carbonyl (C=O) groups is 2. The van der Waals surface area contributed by atoms with Crippen molar-refractivity contribution >= 4 is 11.9 Å². The van der Waals surface area contributed by atoms with Gasteiger partial charge in [-0.1, -0.05) is 29.8 Å². The van der Waals surface area contributed by atoms with Crippen molar-refractivity contribution in [3.05, 3.63) is 71.0 Å². The Labute approximate surface area is 127 Å². The van der Waals surface area contributed by atoms with Crippen molar-refractivity contribution in [2.45, 2.75) is 19.4 Å². The van der Waals surface area contributed by atoms with E-state index in [-0.39, 0.29) is 6.42 Å². The van der Waals surface area contributed by atoms with Crippen LogP contribution in [-0.2, 0) is 11.2 Å². The van der Waals surface area contributed by atoms with E-state index in [1.54, 1.807) is 24.3 Å². The number of benzene rings is 2. The number of carboxylic acid groups (broad SMARTS) is 1. The minimum atomic E-state index is -1.16. The van der Waals surface area contributed by atoms with Crippen molar-refractivity contribution in [2.75, 3.05) is 0 Å². The van der Waals surface area contributed by atoms with E-state index in [0.29, 0.717) is 11.1 Å². The zero-order valence-corrected chi connectivity index (χ0v) is 12.0. The number of halogens is 1. The minimum Gasteiger partial charge on any atom is -0.480 e. The van der Waals surface area contributed by atoms with E-state index in [1.165, 1.54) is 18.2 Å². The van der Waals surface area contributed by atoms with E-state index in [0.717, 1.165) is 5.56 Å². The quantitative estimate of drug-likeness (QED) is 0.892. The van der Waals surface area contributed by atoms with Gasteiger partial charge in [0.05, 0.1) is 0 Å². The van der Waals surface area contributed by atoms with E-state index >= 15 is 0 Å². The fourth-order valence-electron chi connectivity index (χ4n) is 2.13. The number of carboxylic acids is 1. The molecule has 22 heavy (non-hydrogen) atoms. The average molecular weight is 301 g/mol. The summed E-state index contributed by atoms with van der Waals surface area (Å²) in [7, 11) is 0. The van der Waals surface area contributed by atoms with Crippen molar-refractivity contribution in [1.82, 2.24) is 5.32 Å². The molecule has 0 aliphatic heterocycles. The molecule has 1 unspecified atom stereocenters. The highest BCUT2D eigenvalue weighted by Crippen LogP contribution is 2.09. The lowest BCUT2D eigenvalue weighted by Gasteiger charge is -2.15. The van der Waals surface area contributed by atoms with Crippen LogP contribution in [0.2, 0.25) is 0 Å². The zero-order chi connectivity index (χ0) is 16.1. The SMILES string of the molecule is Cc1cccc(C(=O)NC(Cc2cccc(F)c2)C(=O)O)c1. The van der Waals surface area contributed by atoms with Gasteiger partial charge in [-0.2, -0.15) is 0 Å². The highest BCUT2D eigenvalue weighted by Gasteiger charge is 2.21. The predicted molar refractivity (Wildman–Crippen MR) is 80.2 cm³/mol. The molecule has 0 spiro atoms. The second kappa shape index (κ2) is 6.85. The topological polar surface area (TPSA) is 66.4 Å². The van der Waals surface area contributed by atoms with Crippen LogP contribution < -0.4 is 5.32 Å². The molecule has 0 saturated heterocycles. The summed E-state index contributed by atoms with van der Waals surface area (Å²) in [5.74, 6) is -2.07. The van der Waals surface area contributed by atoms with E-state index in [1.807, 2.05) is 13.0 Å². The Morgan fingerprint density at radius 3 is 2.55 bits per heavy atom. The van der Waals surface area contributed by atoms with Crippen LogP contribution in [0.15, 0.2) is 48.5 Å². The number of hydrogen-bond donors (Lipinski definition) is 2. The number of aryl methyl sites for hydroxylation is 1. The maximum atomic E-state index is 13.2. The fourth-order valence-corrected chi connectivity index (χ4v) is 2.13. The molecular weight excluding hydrogens is 285 g/mol. The molecule has 0 saturated carbocycles. The van der Waals surface area contributed by atoms with Gasteiger partial charge in [-0.05, 0) is 36.8 Å². The first-order chi connectivity index (χ1) is 10.5. The average Bonchev–Trinajstić information content (AvgIpc) is 2.46. The number of aliphatic carboxylic acids is 1. The van der Waals surface area contributed by atoms with Gasteiger partial charge in [-0.15, -0.1) is 0 Å². The lowest BCUT2D eigenvalue weighted by molar-refractivity contribution is -0.139. The number of rotatable bonds is 5. The Morgan fingerprint density at radius 1 is 1.18 bits per heavy atom. The molecule has 0 heterocycles. The summed E-state index contributed by atoms with van der Waals surface area (Å²) in [6.45, 7) is 1.85. The molecule has 0 radical (unpaired) electrons. The molecule has 1 amide bonds. The first-order valence-corrected chi connectivity index (χ1v) is 6.80. The predicted octanol–water partition coefficient (Wildman–Crippen LogP) is 2.56. The Hall–Kier alpha value is -2.69. The lowest BCUT2D eigenvalue weighted by atomic mass is 10.0. The van der Waals surface area contributed by atoms with Crippen LogP contribution in [0.25, 0.3) is 0 Å². The molecule has 114 valence electrons. The molecule has 0 fully saturated rings. The molecule has 2 aromatic rings. The number of hydrogen-bond acceptors (Lipinski definition) is 2. The highest BCUT2D eigenvalue weighted by atomic mass is 19.1. The third kappa shape index (κ3) is 4.15. The van der Waals surface area contributed by atoms with E-state index in [9.17, 15) is 19.1 Å². The molecule has 1 atom stereocenters. The number of amides is 1. The lowest BCUT2D eigenvalue weighted by Crippen LogP contribution is -2.42. The van der Waals surface area contributed by atoms with Gasteiger partial charge in [-0.25, -0.2) is 9.18 Å². The van der Waals surface area contributed by atoms with Gasteiger partial charge >= 0.3 is 5.97 Å². The third-order valence-corrected chi connectivity index (χ3v) is 3.21. The Morgan fingerprint density at radius 2 is 1.91 bits per heavy atom. The highest BCUT2D eigenvalue weighted by molar-refractivity contribution is 5.96. The Kier molecular flexibility index (Phi) is 4.88. The van der Waals surface area contributed by atoms with Crippen LogP contribution in [0, 0.1) is 12.7 Å². The summed E-state index contributed by atoms with van der Waals surface area (Å²) < 4.78 is 13.2. The molecule has 0 aliphatic carbocycles. The van der Waals surface area contributed by atoms with Gasteiger partial charge in [0.2, 0.25) is 0 Å². The molecule has 2 rings (SSSR count). The first-order valence-electron chi connectivity index (χ1n) is 6.80. The summed E-state index contributed by atoms with van der Waals surface area (Å²) in [6, 6.07) is 11.4. The van der Waals surface area contributed by atoms with E-state index in [2.05, 4.69) is 5.32 Å². The van der Waals surface area contributed by atoms with Crippen LogP contribution >= 0.6 is 0 Å².